The summed E-state index contributed by atoms with van der Waals surface area (Å²) in [6.45, 7) is 7.48. The van der Waals surface area contributed by atoms with Crippen molar-refractivity contribution >= 4 is 34.5 Å². The van der Waals surface area contributed by atoms with Crippen LogP contribution in [-0.4, -0.2) is 28.6 Å². The number of hydrogen-bond donors (Lipinski definition) is 1. The van der Waals surface area contributed by atoms with E-state index >= 15 is 0 Å². The molecule has 2 aliphatic rings. The Morgan fingerprint density at radius 1 is 1.21 bits per heavy atom. The van der Waals surface area contributed by atoms with Gasteiger partial charge in [-0.25, -0.2) is 14.2 Å². The number of nitrogens with one attached hydrogen (secondary N) is 1. The fourth-order valence-electron chi connectivity index (χ4n) is 3.93. The van der Waals surface area contributed by atoms with E-state index in [9.17, 15) is 14.0 Å². The number of aliphatic imine (C=N–C) groups is 1. The zero-order valence-electron chi connectivity index (χ0n) is 18.9. The number of thioether (sulfide) groups is 1. The Bertz CT molecular complexity index is 1230. The fraction of sp³-hybridized carbons (Fsp3) is 0.192. The molecule has 2 aromatic carbocycles. The Hall–Kier alpha value is -3.65. The minimum atomic E-state index is -0.495. The Balaban J connectivity index is 1.67. The molecule has 1 unspecified atom stereocenters. The Kier molecular flexibility index (Phi) is 6.98. The number of amidine groups is 1. The molecule has 0 saturated heterocycles. The molecule has 174 valence electrons. The molecule has 0 bridgehead atoms. The van der Waals surface area contributed by atoms with Gasteiger partial charge in [-0.1, -0.05) is 48.7 Å². The highest BCUT2D eigenvalue weighted by molar-refractivity contribution is 8.16. The molecule has 0 fully saturated rings. The third-order valence-electron chi connectivity index (χ3n) is 5.51. The van der Waals surface area contributed by atoms with Crippen molar-refractivity contribution in [2.45, 2.75) is 26.3 Å². The first-order valence-corrected chi connectivity index (χ1v) is 11.6. The van der Waals surface area contributed by atoms with Crippen molar-refractivity contribution < 1.29 is 18.7 Å². The molecule has 0 saturated carbocycles. The molecule has 8 heteroatoms. The molecule has 2 heterocycles. The summed E-state index contributed by atoms with van der Waals surface area (Å²) in [6.07, 6.45) is 1.57. The van der Waals surface area contributed by atoms with Crippen molar-refractivity contribution in [3.05, 3.63) is 101 Å². The molecular formula is C26H24FN3O3S. The summed E-state index contributed by atoms with van der Waals surface area (Å²) >= 11 is 1.41. The Morgan fingerprint density at radius 2 is 1.94 bits per heavy atom. The summed E-state index contributed by atoms with van der Waals surface area (Å²) < 4.78 is 18.6. The maximum absolute atomic E-state index is 13.2. The molecule has 0 aliphatic carbocycles. The molecular weight excluding hydrogens is 453 g/mol. The highest BCUT2D eigenvalue weighted by atomic mass is 32.2. The second-order valence-electron chi connectivity index (χ2n) is 7.87. The number of carbonyl (C=O) groups excluding carboxylic acids is 2. The van der Waals surface area contributed by atoms with Gasteiger partial charge in [-0.15, -0.1) is 0 Å². The number of amides is 1. The van der Waals surface area contributed by atoms with Crippen molar-refractivity contribution in [2.75, 3.05) is 11.9 Å². The summed E-state index contributed by atoms with van der Waals surface area (Å²) in [5, 5.41) is 5.36. The fourth-order valence-corrected chi connectivity index (χ4v) is 4.90. The largest absolute Gasteiger partial charge is 0.458 e. The van der Waals surface area contributed by atoms with E-state index in [1.807, 2.05) is 41.5 Å². The predicted octanol–water partition coefficient (Wildman–Crippen LogP) is 5.47. The first-order valence-electron chi connectivity index (χ1n) is 10.7. The predicted molar refractivity (Wildman–Crippen MR) is 132 cm³/mol. The number of aryl methyl sites for hydroxylation is 1. The van der Waals surface area contributed by atoms with Gasteiger partial charge in [0.25, 0.3) is 0 Å². The molecule has 1 atom stereocenters. The van der Waals surface area contributed by atoms with Gasteiger partial charge in [0.05, 0.1) is 23.7 Å². The van der Waals surface area contributed by atoms with Crippen molar-refractivity contribution in [3.63, 3.8) is 0 Å². The average Bonchev–Trinajstić information content (AvgIpc) is 3.20. The number of benzene rings is 2. The van der Waals surface area contributed by atoms with Gasteiger partial charge in [0.1, 0.15) is 12.4 Å². The van der Waals surface area contributed by atoms with Crippen molar-refractivity contribution in [3.8, 4) is 0 Å². The second kappa shape index (κ2) is 10.1. The van der Waals surface area contributed by atoms with Gasteiger partial charge in [0.2, 0.25) is 5.91 Å². The lowest BCUT2D eigenvalue weighted by Crippen LogP contribution is -2.37. The van der Waals surface area contributed by atoms with Crippen LogP contribution in [0.25, 0.3) is 0 Å². The molecule has 2 aliphatic heterocycles. The van der Waals surface area contributed by atoms with Crippen LogP contribution in [0.15, 0.2) is 88.6 Å². The average molecular weight is 478 g/mol. The number of allylic oxidation sites excluding steroid dienone is 1. The van der Waals surface area contributed by atoms with Gasteiger partial charge < -0.3 is 15.0 Å². The quantitative estimate of drug-likeness (QED) is 0.423. The number of fused-ring (bicyclic) bond motifs is 1. The Labute approximate surface area is 201 Å². The van der Waals surface area contributed by atoms with Gasteiger partial charge in [-0.05, 0) is 54.6 Å². The number of hydrogen-bond acceptors (Lipinski definition) is 6. The van der Waals surface area contributed by atoms with Crippen LogP contribution in [0.4, 0.5) is 10.1 Å². The van der Waals surface area contributed by atoms with Crippen LogP contribution in [0.1, 0.15) is 30.5 Å². The van der Waals surface area contributed by atoms with Crippen LogP contribution < -0.4 is 5.32 Å². The monoisotopic (exact) mass is 477 g/mol. The van der Waals surface area contributed by atoms with E-state index < -0.39 is 12.0 Å². The molecule has 0 radical (unpaired) electrons. The van der Waals surface area contributed by atoms with E-state index in [4.69, 9.17) is 4.74 Å². The molecule has 1 amide bonds. The molecule has 4 rings (SSSR count). The standard InChI is InChI=1S/C26H24FN3O3S/c1-4-13-33-25(32)23-17(3)28-26-30(24(23)21-8-6-5-7-16(21)2)20(15-34-26)14-22(31)29-19-11-9-18(27)10-12-19/h4-12,15,24H,1,13-14H2,2-3H3,(H,29,31). The number of esters is 1. The van der Waals surface area contributed by atoms with Crippen molar-refractivity contribution in [1.29, 1.82) is 0 Å². The van der Waals surface area contributed by atoms with E-state index in [-0.39, 0.29) is 24.8 Å². The highest BCUT2D eigenvalue weighted by Gasteiger charge is 2.41. The Morgan fingerprint density at radius 3 is 2.65 bits per heavy atom. The van der Waals surface area contributed by atoms with Crippen molar-refractivity contribution in [1.82, 2.24) is 4.90 Å². The lowest BCUT2D eigenvalue weighted by molar-refractivity contribution is -0.138. The topological polar surface area (TPSA) is 71.0 Å². The number of ether oxygens (including phenoxy) is 1. The van der Waals surface area contributed by atoms with E-state index in [2.05, 4.69) is 16.9 Å². The van der Waals surface area contributed by atoms with Gasteiger partial charge >= 0.3 is 5.97 Å². The van der Waals surface area contributed by atoms with Gasteiger partial charge in [0, 0.05) is 11.4 Å². The molecule has 34 heavy (non-hydrogen) atoms. The zero-order chi connectivity index (χ0) is 24.2. The summed E-state index contributed by atoms with van der Waals surface area (Å²) in [5.41, 5.74) is 4.14. The lowest BCUT2D eigenvalue weighted by atomic mass is 9.91. The van der Waals surface area contributed by atoms with E-state index in [1.54, 1.807) is 6.92 Å². The minimum absolute atomic E-state index is 0.0554. The molecule has 2 aromatic rings. The SMILES string of the molecule is C=CCOC(=O)C1=C(C)N=C2SC=C(CC(=O)Nc3ccc(F)cc3)N2C1c1ccccc1C. The summed E-state index contributed by atoms with van der Waals surface area (Å²) in [6, 6.07) is 12.9. The molecule has 0 aromatic heterocycles. The van der Waals surface area contributed by atoms with Crippen molar-refractivity contribution in [2.24, 2.45) is 4.99 Å². The van der Waals surface area contributed by atoms with E-state index in [0.717, 1.165) is 11.1 Å². The van der Waals surface area contributed by atoms with Crippen LogP contribution in [0, 0.1) is 12.7 Å². The molecule has 1 N–H and O–H groups in total. The highest BCUT2D eigenvalue weighted by Crippen LogP contribution is 2.45. The summed E-state index contributed by atoms with van der Waals surface area (Å²) in [7, 11) is 0. The van der Waals surface area contributed by atoms with Crippen LogP contribution in [-0.2, 0) is 14.3 Å². The third kappa shape index (κ3) is 4.82. The second-order valence-corrected chi connectivity index (χ2v) is 8.71. The maximum atomic E-state index is 13.2. The minimum Gasteiger partial charge on any atom is -0.458 e. The van der Waals surface area contributed by atoms with Gasteiger partial charge in [-0.2, -0.15) is 0 Å². The first kappa shape index (κ1) is 23.5. The number of rotatable bonds is 7. The number of halogens is 1. The summed E-state index contributed by atoms with van der Waals surface area (Å²) in [4.78, 5) is 32.5. The van der Waals surface area contributed by atoms with Crippen LogP contribution in [0.2, 0.25) is 0 Å². The normalized spacial score (nSPS) is 17.0. The maximum Gasteiger partial charge on any atom is 0.338 e. The van der Waals surface area contributed by atoms with Gasteiger partial charge in [-0.3, -0.25) is 4.79 Å². The zero-order valence-corrected chi connectivity index (χ0v) is 19.7. The number of nitrogens with zero attached hydrogens (tertiary/aromatic N) is 2. The first-order chi connectivity index (χ1) is 16.4. The molecule has 0 spiro atoms. The smallest absolute Gasteiger partial charge is 0.338 e. The van der Waals surface area contributed by atoms with Gasteiger partial charge in [0.15, 0.2) is 5.17 Å². The summed E-state index contributed by atoms with van der Waals surface area (Å²) in [5.74, 6) is -1.10. The van der Waals surface area contributed by atoms with Crippen LogP contribution in [0.5, 0.6) is 0 Å². The lowest BCUT2D eigenvalue weighted by Gasteiger charge is -2.37. The number of anilines is 1. The van der Waals surface area contributed by atoms with E-state index in [0.29, 0.717) is 27.8 Å². The van der Waals surface area contributed by atoms with Crippen LogP contribution in [0.3, 0.4) is 0 Å². The third-order valence-corrected chi connectivity index (χ3v) is 6.39. The molecule has 6 nitrogen and oxygen atoms in total. The van der Waals surface area contributed by atoms with E-state index in [1.165, 1.54) is 42.1 Å². The number of carbonyl (C=O) groups is 2. The van der Waals surface area contributed by atoms with Crippen LogP contribution >= 0.6 is 11.8 Å².